The van der Waals surface area contributed by atoms with Crippen LogP contribution >= 0.6 is 0 Å². The average molecular weight is 216 g/mol. The Kier molecular flexibility index (Phi) is 4.79. The first-order chi connectivity index (χ1) is 7.54. The van der Waals surface area contributed by atoms with Gasteiger partial charge in [0.2, 0.25) is 0 Å². The van der Waals surface area contributed by atoms with Crippen molar-refractivity contribution in [1.29, 1.82) is 0 Å². The maximum absolute atomic E-state index is 2.27. The van der Waals surface area contributed by atoms with Crippen LogP contribution in [0.5, 0.6) is 0 Å². The van der Waals surface area contributed by atoms with Gasteiger partial charge in [-0.05, 0) is 23.0 Å². The van der Waals surface area contributed by atoms with Crippen LogP contribution in [0, 0.1) is 0 Å². The van der Waals surface area contributed by atoms with Crippen LogP contribution in [0.15, 0.2) is 30.3 Å². The van der Waals surface area contributed by atoms with Gasteiger partial charge in [0.25, 0.3) is 0 Å². The monoisotopic (exact) mass is 216 g/mol. The van der Waals surface area contributed by atoms with Crippen molar-refractivity contribution in [1.82, 2.24) is 0 Å². The van der Waals surface area contributed by atoms with E-state index >= 15 is 0 Å². The summed E-state index contributed by atoms with van der Waals surface area (Å²) in [7, 11) is 0. The zero-order valence-corrected chi connectivity index (χ0v) is 11.1. The van der Waals surface area contributed by atoms with Crippen molar-refractivity contribution in [2.24, 2.45) is 0 Å². The molecule has 0 spiro atoms. The summed E-state index contributed by atoms with van der Waals surface area (Å²) in [6.45, 7) is 8.98. The third-order valence-corrected chi connectivity index (χ3v) is 2.81. The molecule has 0 aliphatic heterocycles. The molecule has 0 nitrogen and oxygen atoms in total. The summed E-state index contributed by atoms with van der Waals surface area (Å²) in [4.78, 5) is 0. The summed E-state index contributed by atoms with van der Waals surface area (Å²) in [5.74, 6) is 0. The molecule has 1 aromatic rings. The van der Waals surface area contributed by atoms with E-state index in [2.05, 4.69) is 64.1 Å². The van der Waals surface area contributed by atoms with E-state index < -0.39 is 0 Å². The summed E-state index contributed by atoms with van der Waals surface area (Å²) >= 11 is 0. The van der Waals surface area contributed by atoms with Gasteiger partial charge in [0.05, 0.1) is 0 Å². The molecule has 0 atom stereocenters. The highest BCUT2D eigenvalue weighted by atomic mass is 14.2. The Morgan fingerprint density at radius 3 is 2.19 bits per heavy atom. The smallest absolute Gasteiger partial charge is 0.0132 e. The van der Waals surface area contributed by atoms with E-state index in [4.69, 9.17) is 0 Å². The van der Waals surface area contributed by atoms with Gasteiger partial charge in [0, 0.05) is 0 Å². The Hall–Kier alpha value is -1.04. The Morgan fingerprint density at radius 1 is 1.06 bits per heavy atom. The lowest BCUT2D eigenvalue weighted by atomic mass is 9.87. The Bertz CT molecular complexity index is 322. The van der Waals surface area contributed by atoms with E-state index in [1.165, 1.54) is 30.4 Å². The molecule has 16 heavy (non-hydrogen) atoms. The lowest BCUT2D eigenvalue weighted by Crippen LogP contribution is -2.10. The molecule has 0 aliphatic rings. The standard InChI is InChI=1S/C16H24/c1-5-6-7-8-9-14-10-12-15(13-11-14)16(2,3)4/h8-13H,5-7H2,1-4H3. The Morgan fingerprint density at radius 2 is 1.69 bits per heavy atom. The maximum atomic E-state index is 2.27. The van der Waals surface area contributed by atoms with Crippen LogP contribution in [0.1, 0.15) is 58.1 Å². The molecule has 0 N–H and O–H groups in total. The second-order valence-electron chi connectivity index (χ2n) is 5.42. The second kappa shape index (κ2) is 5.89. The van der Waals surface area contributed by atoms with Gasteiger partial charge in [-0.15, -0.1) is 0 Å². The SMILES string of the molecule is CCCCC=Cc1ccc(C(C)(C)C)cc1. The van der Waals surface area contributed by atoms with Crippen molar-refractivity contribution in [3.63, 3.8) is 0 Å². The molecule has 0 bridgehead atoms. The van der Waals surface area contributed by atoms with Crippen molar-refractivity contribution in [2.45, 2.75) is 52.4 Å². The van der Waals surface area contributed by atoms with Gasteiger partial charge in [-0.2, -0.15) is 0 Å². The van der Waals surface area contributed by atoms with Crippen LogP contribution in [0.25, 0.3) is 6.08 Å². The van der Waals surface area contributed by atoms with Crippen LogP contribution < -0.4 is 0 Å². The lowest BCUT2D eigenvalue weighted by Gasteiger charge is -2.18. The predicted molar refractivity (Wildman–Crippen MR) is 73.7 cm³/mol. The van der Waals surface area contributed by atoms with Crippen molar-refractivity contribution < 1.29 is 0 Å². The topological polar surface area (TPSA) is 0 Å². The van der Waals surface area contributed by atoms with Crippen molar-refractivity contribution in [2.75, 3.05) is 0 Å². The largest absolute Gasteiger partial charge is 0.0839 e. The number of hydrogen-bond donors (Lipinski definition) is 0. The van der Waals surface area contributed by atoms with E-state index in [0.29, 0.717) is 0 Å². The molecular formula is C16H24. The third kappa shape index (κ3) is 4.22. The van der Waals surface area contributed by atoms with Crippen LogP contribution in [-0.4, -0.2) is 0 Å². The van der Waals surface area contributed by atoms with Gasteiger partial charge >= 0.3 is 0 Å². The third-order valence-electron chi connectivity index (χ3n) is 2.81. The minimum atomic E-state index is 0.254. The van der Waals surface area contributed by atoms with Gasteiger partial charge in [-0.1, -0.05) is 77.0 Å². The summed E-state index contributed by atoms with van der Waals surface area (Å²) in [6.07, 6.45) is 8.25. The van der Waals surface area contributed by atoms with E-state index in [-0.39, 0.29) is 5.41 Å². The quantitative estimate of drug-likeness (QED) is 0.608. The molecule has 0 saturated carbocycles. The zero-order valence-electron chi connectivity index (χ0n) is 11.1. The highest BCUT2D eigenvalue weighted by Crippen LogP contribution is 2.22. The second-order valence-corrected chi connectivity index (χ2v) is 5.42. The molecule has 0 radical (unpaired) electrons. The molecule has 0 amide bonds. The van der Waals surface area contributed by atoms with E-state index in [1.54, 1.807) is 0 Å². The molecule has 1 rings (SSSR count). The molecule has 0 fully saturated rings. The fourth-order valence-electron chi connectivity index (χ4n) is 1.64. The van der Waals surface area contributed by atoms with Crippen molar-refractivity contribution in [3.05, 3.63) is 41.5 Å². The highest BCUT2D eigenvalue weighted by Gasteiger charge is 2.12. The summed E-state index contributed by atoms with van der Waals surface area (Å²) < 4.78 is 0. The van der Waals surface area contributed by atoms with Crippen LogP contribution in [0.3, 0.4) is 0 Å². The summed E-state index contributed by atoms with van der Waals surface area (Å²) in [5.41, 5.74) is 2.96. The number of unbranched alkanes of at least 4 members (excludes halogenated alkanes) is 2. The highest BCUT2D eigenvalue weighted by molar-refractivity contribution is 5.50. The number of benzene rings is 1. The van der Waals surface area contributed by atoms with Gasteiger partial charge in [-0.3, -0.25) is 0 Å². The minimum absolute atomic E-state index is 0.254. The van der Waals surface area contributed by atoms with E-state index in [9.17, 15) is 0 Å². The van der Waals surface area contributed by atoms with E-state index in [1.807, 2.05) is 0 Å². The maximum Gasteiger partial charge on any atom is -0.0132 e. The molecule has 1 aromatic carbocycles. The van der Waals surface area contributed by atoms with Crippen LogP contribution in [0.4, 0.5) is 0 Å². The van der Waals surface area contributed by atoms with Gasteiger partial charge in [0.15, 0.2) is 0 Å². The normalized spacial score (nSPS) is 12.2. The van der Waals surface area contributed by atoms with Crippen molar-refractivity contribution >= 4 is 6.08 Å². The molecule has 0 unspecified atom stereocenters. The molecule has 0 heteroatoms. The van der Waals surface area contributed by atoms with Crippen LogP contribution in [0.2, 0.25) is 0 Å². The van der Waals surface area contributed by atoms with Gasteiger partial charge in [-0.25, -0.2) is 0 Å². The zero-order chi connectivity index (χ0) is 12.0. The average Bonchev–Trinajstić information content (AvgIpc) is 2.24. The Labute approximate surface area is 100 Å². The van der Waals surface area contributed by atoms with Gasteiger partial charge in [0.1, 0.15) is 0 Å². The fraction of sp³-hybridized carbons (Fsp3) is 0.500. The Balaban J connectivity index is 2.61. The van der Waals surface area contributed by atoms with Crippen molar-refractivity contribution in [3.8, 4) is 0 Å². The lowest BCUT2D eigenvalue weighted by molar-refractivity contribution is 0.590. The molecule has 0 saturated heterocycles. The molecular weight excluding hydrogens is 192 g/mol. The first-order valence-corrected chi connectivity index (χ1v) is 6.31. The number of rotatable bonds is 4. The first kappa shape index (κ1) is 13.0. The fourth-order valence-corrected chi connectivity index (χ4v) is 1.64. The predicted octanol–water partition coefficient (Wildman–Crippen LogP) is 5.19. The summed E-state index contributed by atoms with van der Waals surface area (Å²) in [5, 5.41) is 0. The van der Waals surface area contributed by atoms with Crippen LogP contribution in [-0.2, 0) is 5.41 Å². The molecule has 0 aliphatic carbocycles. The molecule has 0 heterocycles. The number of hydrogen-bond acceptors (Lipinski definition) is 0. The molecule has 0 aromatic heterocycles. The minimum Gasteiger partial charge on any atom is -0.0839 e. The van der Waals surface area contributed by atoms with Gasteiger partial charge < -0.3 is 0 Å². The number of allylic oxidation sites excluding steroid dienone is 1. The first-order valence-electron chi connectivity index (χ1n) is 6.31. The molecule has 88 valence electrons. The van der Waals surface area contributed by atoms with E-state index in [0.717, 1.165) is 0 Å². The summed E-state index contributed by atoms with van der Waals surface area (Å²) in [6, 6.07) is 8.89.